The SMILES string of the molecule is O=C(O)[C@@H]1C[C@@H]2CCCC[C@@H]2N1C(=O)CCc1ccco1. The maximum atomic E-state index is 12.5. The van der Waals surface area contributed by atoms with Crippen LogP contribution in [0.5, 0.6) is 0 Å². The summed E-state index contributed by atoms with van der Waals surface area (Å²) in [7, 11) is 0. The highest BCUT2D eigenvalue weighted by Crippen LogP contribution is 2.40. The van der Waals surface area contributed by atoms with Crippen molar-refractivity contribution in [3.8, 4) is 0 Å². The van der Waals surface area contributed by atoms with Crippen LogP contribution in [0.15, 0.2) is 22.8 Å². The Kier molecular flexibility index (Phi) is 3.99. The third kappa shape index (κ3) is 2.82. The number of fused-ring (bicyclic) bond motifs is 1. The first-order chi connectivity index (χ1) is 10.2. The monoisotopic (exact) mass is 291 g/mol. The Balaban J connectivity index is 1.70. The van der Waals surface area contributed by atoms with Crippen molar-refractivity contribution >= 4 is 11.9 Å². The first-order valence-corrected chi connectivity index (χ1v) is 7.73. The average Bonchev–Trinajstić information content (AvgIpc) is 3.11. The number of hydrogen-bond acceptors (Lipinski definition) is 3. The standard InChI is InChI=1S/C16H21NO4/c18-15(8-7-12-5-3-9-21-12)17-13-6-2-1-4-11(13)10-14(17)16(19)20/h3,5,9,11,13-14H,1-2,4,6-8,10H2,(H,19,20)/t11-,13-,14-/m0/s1. The largest absolute Gasteiger partial charge is 0.480 e. The normalized spacial score (nSPS) is 28.4. The topological polar surface area (TPSA) is 70.8 Å². The van der Waals surface area contributed by atoms with Gasteiger partial charge in [-0.1, -0.05) is 12.8 Å². The molecule has 5 heteroatoms. The van der Waals surface area contributed by atoms with Crippen molar-refractivity contribution in [1.82, 2.24) is 4.90 Å². The number of hydrogen-bond donors (Lipinski definition) is 1. The zero-order valence-corrected chi connectivity index (χ0v) is 12.0. The van der Waals surface area contributed by atoms with E-state index >= 15 is 0 Å². The van der Waals surface area contributed by atoms with Crippen molar-refractivity contribution in [1.29, 1.82) is 0 Å². The van der Waals surface area contributed by atoms with E-state index in [1.54, 1.807) is 17.2 Å². The third-order valence-electron chi connectivity index (χ3n) is 4.83. The van der Waals surface area contributed by atoms with Crippen molar-refractivity contribution in [3.05, 3.63) is 24.2 Å². The summed E-state index contributed by atoms with van der Waals surface area (Å²) in [6.45, 7) is 0. The molecule has 1 amide bonds. The quantitative estimate of drug-likeness (QED) is 0.925. The van der Waals surface area contributed by atoms with Gasteiger partial charge in [0.05, 0.1) is 6.26 Å². The van der Waals surface area contributed by atoms with Gasteiger partial charge in [-0.15, -0.1) is 0 Å². The fraction of sp³-hybridized carbons (Fsp3) is 0.625. The molecule has 0 radical (unpaired) electrons. The van der Waals surface area contributed by atoms with Gasteiger partial charge in [0.25, 0.3) is 0 Å². The molecule has 21 heavy (non-hydrogen) atoms. The molecule has 1 saturated carbocycles. The number of aryl methyl sites for hydroxylation is 1. The second-order valence-electron chi connectivity index (χ2n) is 6.08. The Bertz CT molecular complexity index is 510. The van der Waals surface area contributed by atoms with Gasteiger partial charge < -0.3 is 14.4 Å². The van der Waals surface area contributed by atoms with Gasteiger partial charge in [0.15, 0.2) is 0 Å². The van der Waals surface area contributed by atoms with Crippen LogP contribution in [0.25, 0.3) is 0 Å². The van der Waals surface area contributed by atoms with E-state index in [4.69, 9.17) is 4.42 Å². The van der Waals surface area contributed by atoms with Crippen molar-refractivity contribution in [2.75, 3.05) is 0 Å². The lowest BCUT2D eigenvalue weighted by molar-refractivity contribution is -0.149. The fourth-order valence-electron chi connectivity index (χ4n) is 3.85. The molecule has 3 rings (SSSR count). The molecule has 0 aromatic carbocycles. The van der Waals surface area contributed by atoms with Crippen LogP contribution in [0, 0.1) is 5.92 Å². The number of carboxylic acids is 1. The van der Waals surface area contributed by atoms with Crippen molar-refractivity contribution < 1.29 is 19.1 Å². The van der Waals surface area contributed by atoms with Gasteiger partial charge in [0.2, 0.25) is 5.91 Å². The molecule has 1 aliphatic heterocycles. The van der Waals surface area contributed by atoms with Crippen LogP contribution < -0.4 is 0 Å². The van der Waals surface area contributed by atoms with E-state index in [9.17, 15) is 14.7 Å². The smallest absolute Gasteiger partial charge is 0.326 e. The van der Waals surface area contributed by atoms with Crippen LogP contribution in [0.3, 0.4) is 0 Å². The predicted molar refractivity (Wildman–Crippen MR) is 75.7 cm³/mol. The Morgan fingerprint density at radius 3 is 2.86 bits per heavy atom. The first-order valence-electron chi connectivity index (χ1n) is 7.73. The number of aliphatic carboxylic acids is 1. The predicted octanol–water partition coefficient (Wildman–Crippen LogP) is 2.46. The highest BCUT2D eigenvalue weighted by molar-refractivity contribution is 5.84. The number of amides is 1. The number of likely N-dealkylation sites (tertiary alicyclic amines) is 1. The van der Waals surface area contributed by atoms with Crippen molar-refractivity contribution in [2.24, 2.45) is 5.92 Å². The summed E-state index contributed by atoms with van der Waals surface area (Å²) in [5, 5.41) is 9.42. The van der Waals surface area contributed by atoms with Crippen LogP contribution in [0.1, 0.15) is 44.3 Å². The first kappa shape index (κ1) is 14.2. The lowest BCUT2D eigenvalue weighted by atomic mass is 9.84. The fourth-order valence-corrected chi connectivity index (χ4v) is 3.85. The van der Waals surface area contributed by atoms with E-state index in [1.165, 1.54) is 0 Å². The number of carbonyl (C=O) groups excluding carboxylic acids is 1. The molecular weight excluding hydrogens is 270 g/mol. The lowest BCUT2D eigenvalue weighted by Gasteiger charge is -2.33. The summed E-state index contributed by atoms with van der Waals surface area (Å²) >= 11 is 0. The van der Waals surface area contributed by atoms with E-state index in [0.29, 0.717) is 25.2 Å². The van der Waals surface area contributed by atoms with E-state index < -0.39 is 12.0 Å². The molecule has 2 aliphatic rings. The number of nitrogens with zero attached hydrogens (tertiary/aromatic N) is 1. The summed E-state index contributed by atoms with van der Waals surface area (Å²) in [6.07, 6.45) is 7.31. The lowest BCUT2D eigenvalue weighted by Crippen LogP contribution is -2.46. The second-order valence-corrected chi connectivity index (χ2v) is 6.08. The molecule has 1 aliphatic carbocycles. The van der Waals surface area contributed by atoms with Gasteiger partial charge in [0.1, 0.15) is 11.8 Å². The molecule has 0 unspecified atom stereocenters. The van der Waals surface area contributed by atoms with Crippen LogP contribution >= 0.6 is 0 Å². The van der Waals surface area contributed by atoms with Gasteiger partial charge in [0, 0.05) is 18.9 Å². The highest BCUT2D eigenvalue weighted by Gasteiger charge is 2.47. The Labute approximate surface area is 123 Å². The van der Waals surface area contributed by atoms with E-state index in [-0.39, 0.29) is 11.9 Å². The molecular formula is C16H21NO4. The molecule has 2 heterocycles. The maximum absolute atomic E-state index is 12.5. The minimum atomic E-state index is -0.865. The minimum absolute atomic E-state index is 0.0480. The molecule has 114 valence electrons. The highest BCUT2D eigenvalue weighted by atomic mass is 16.4. The summed E-state index contributed by atoms with van der Waals surface area (Å²) < 4.78 is 5.24. The number of carbonyl (C=O) groups is 2. The summed E-state index contributed by atoms with van der Waals surface area (Å²) in [5.41, 5.74) is 0. The number of rotatable bonds is 4. The summed E-state index contributed by atoms with van der Waals surface area (Å²) in [4.78, 5) is 25.7. The third-order valence-corrected chi connectivity index (χ3v) is 4.83. The average molecular weight is 291 g/mol. The molecule has 0 spiro atoms. The van der Waals surface area contributed by atoms with E-state index in [1.807, 2.05) is 6.07 Å². The van der Waals surface area contributed by atoms with Gasteiger partial charge in [-0.2, -0.15) is 0 Å². The molecule has 1 N–H and O–H groups in total. The van der Waals surface area contributed by atoms with Crippen LogP contribution in [0.4, 0.5) is 0 Å². The van der Waals surface area contributed by atoms with Gasteiger partial charge >= 0.3 is 5.97 Å². The number of furan rings is 1. The van der Waals surface area contributed by atoms with Gasteiger partial charge in [-0.3, -0.25) is 4.79 Å². The summed E-state index contributed by atoms with van der Waals surface area (Å²) in [6, 6.07) is 3.13. The minimum Gasteiger partial charge on any atom is -0.480 e. The van der Waals surface area contributed by atoms with Crippen molar-refractivity contribution in [3.63, 3.8) is 0 Å². The van der Waals surface area contributed by atoms with E-state index in [2.05, 4.69) is 0 Å². The maximum Gasteiger partial charge on any atom is 0.326 e. The van der Waals surface area contributed by atoms with Crippen LogP contribution in [0.2, 0.25) is 0 Å². The molecule has 1 aromatic heterocycles. The molecule has 2 fully saturated rings. The Morgan fingerprint density at radius 1 is 1.33 bits per heavy atom. The number of carboxylic acid groups (broad SMARTS) is 1. The van der Waals surface area contributed by atoms with E-state index in [0.717, 1.165) is 31.4 Å². The van der Waals surface area contributed by atoms with Crippen molar-refractivity contribution in [2.45, 2.75) is 57.0 Å². The Morgan fingerprint density at radius 2 is 2.14 bits per heavy atom. The molecule has 3 atom stereocenters. The van der Waals surface area contributed by atoms with Gasteiger partial charge in [-0.05, 0) is 37.3 Å². The van der Waals surface area contributed by atoms with Crippen LogP contribution in [-0.2, 0) is 16.0 Å². The molecule has 1 aromatic rings. The molecule has 1 saturated heterocycles. The molecule has 5 nitrogen and oxygen atoms in total. The van der Waals surface area contributed by atoms with Gasteiger partial charge in [-0.25, -0.2) is 4.79 Å². The second kappa shape index (κ2) is 5.92. The zero-order chi connectivity index (χ0) is 14.8. The zero-order valence-electron chi connectivity index (χ0n) is 12.0. The molecule has 0 bridgehead atoms. The summed E-state index contributed by atoms with van der Waals surface area (Å²) in [5.74, 6) is 0.228. The van der Waals surface area contributed by atoms with Crippen LogP contribution in [-0.4, -0.2) is 34.0 Å². The Hall–Kier alpha value is -1.78.